The van der Waals surface area contributed by atoms with E-state index in [4.69, 9.17) is 16.6 Å². The molecule has 3 unspecified atom stereocenters. The fourth-order valence-electron chi connectivity index (χ4n) is 2.55. The molecular formula is C19H27N5O7S. The van der Waals surface area contributed by atoms with Gasteiger partial charge in [-0.15, -0.1) is 0 Å². The van der Waals surface area contributed by atoms with Gasteiger partial charge in [0.05, 0.1) is 6.04 Å². The van der Waals surface area contributed by atoms with E-state index in [1.807, 2.05) is 0 Å². The number of rotatable bonds is 13. The molecule has 32 heavy (non-hydrogen) atoms. The fraction of sp³-hybridized carbons (Fsp3) is 0.421. The Morgan fingerprint density at radius 2 is 1.56 bits per heavy atom. The van der Waals surface area contributed by atoms with Crippen molar-refractivity contribution in [1.29, 1.82) is 0 Å². The van der Waals surface area contributed by atoms with Crippen LogP contribution in [0.2, 0.25) is 0 Å². The summed E-state index contributed by atoms with van der Waals surface area (Å²) in [5.74, 6) is -4.22. The number of carbonyl (C=O) groups excluding carboxylic acids is 4. The van der Waals surface area contributed by atoms with Gasteiger partial charge in [-0.3, -0.25) is 24.0 Å². The standard InChI is InChI=1S/C19H27N5O7S/c20-12(9-32)17(29)23-13(5-6-15(21)26)19(31)24-14(18(30)22-8-16(27)28)7-10-1-3-11(25)4-2-10/h1-4,12-14,25,32H,5-9,20H2,(H2,21,26)(H,22,30)(H,23,29)(H,24,31)(H,27,28). The number of amides is 4. The maximum Gasteiger partial charge on any atom is 0.322 e. The van der Waals surface area contributed by atoms with Gasteiger partial charge in [0.2, 0.25) is 23.6 Å². The quantitative estimate of drug-likeness (QED) is 0.146. The number of benzene rings is 1. The van der Waals surface area contributed by atoms with Crippen molar-refractivity contribution in [2.75, 3.05) is 12.3 Å². The first kappa shape index (κ1) is 26.7. The molecule has 1 rings (SSSR count). The number of primary amides is 1. The molecule has 3 atom stereocenters. The summed E-state index contributed by atoms with van der Waals surface area (Å²) in [6, 6.07) is 2.38. The summed E-state index contributed by atoms with van der Waals surface area (Å²) < 4.78 is 0. The summed E-state index contributed by atoms with van der Waals surface area (Å²) in [5, 5.41) is 25.2. The number of thiol groups is 1. The number of hydrogen-bond acceptors (Lipinski definition) is 8. The van der Waals surface area contributed by atoms with Crippen molar-refractivity contribution in [2.24, 2.45) is 11.5 Å². The zero-order valence-electron chi connectivity index (χ0n) is 17.1. The molecule has 13 heteroatoms. The van der Waals surface area contributed by atoms with Crippen LogP contribution in [0.25, 0.3) is 0 Å². The zero-order valence-corrected chi connectivity index (χ0v) is 18.0. The molecule has 1 aromatic rings. The molecule has 0 aliphatic rings. The summed E-state index contributed by atoms with van der Waals surface area (Å²) in [7, 11) is 0. The van der Waals surface area contributed by atoms with E-state index < -0.39 is 54.3 Å². The van der Waals surface area contributed by atoms with Crippen LogP contribution >= 0.6 is 12.6 Å². The van der Waals surface area contributed by atoms with Gasteiger partial charge >= 0.3 is 5.97 Å². The van der Waals surface area contributed by atoms with Crippen molar-refractivity contribution < 1.29 is 34.2 Å². The predicted octanol–water partition coefficient (Wildman–Crippen LogP) is -2.37. The van der Waals surface area contributed by atoms with E-state index in [0.29, 0.717) is 5.56 Å². The Labute approximate surface area is 189 Å². The average molecular weight is 470 g/mol. The number of carboxylic acid groups (broad SMARTS) is 1. The lowest BCUT2D eigenvalue weighted by molar-refractivity contribution is -0.138. The lowest BCUT2D eigenvalue weighted by Gasteiger charge is -2.24. The largest absolute Gasteiger partial charge is 0.508 e. The van der Waals surface area contributed by atoms with Crippen LogP contribution in [-0.4, -0.2) is 70.2 Å². The highest BCUT2D eigenvalue weighted by atomic mass is 32.1. The molecule has 0 aromatic heterocycles. The summed E-state index contributed by atoms with van der Waals surface area (Å²) in [5.41, 5.74) is 11.3. The van der Waals surface area contributed by atoms with Crippen LogP contribution in [0.5, 0.6) is 5.75 Å². The molecule has 0 fully saturated rings. The zero-order chi connectivity index (χ0) is 24.3. The van der Waals surface area contributed by atoms with Crippen molar-refractivity contribution in [1.82, 2.24) is 16.0 Å². The van der Waals surface area contributed by atoms with Crippen LogP contribution in [0.15, 0.2) is 24.3 Å². The molecule has 0 radical (unpaired) electrons. The fourth-order valence-corrected chi connectivity index (χ4v) is 2.72. The first-order valence-electron chi connectivity index (χ1n) is 9.56. The lowest BCUT2D eigenvalue weighted by atomic mass is 10.0. The molecule has 4 amide bonds. The smallest absolute Gasteiger partial charge is 0.322 e. The van der Waals surface area contributed by atoms with Crippen molar-refractivity contribution in [3.05, 3.63) is 29.8 Å². The second kappa shape index (κ2) is 13.2. The molecule has 0 aliphatic heterocycles. The molecule has 0 saturated carbocycles. The third-order valence-corrected chi connectivity index (χ3v) is 4.66. The summed E-state index contributed by atoms with van der Waals surface area (Å²) in [6.07, 6.45) is -0.401. The number of aliphatic carboxylic acids is 1. The monoisotopic (exact) mass is 469 g/mol. The Balaban J connectivity index is 3.03. The van der Waals surface area contributed by atoms with Gasteiger partial charge < -0.3 is 37.6 Å². The van der Waals surface area contributed by atoms with E-state index in [-0.39, 0.29) is 30.8 Å². The van der Waals surface area contributed by atoms with Crippen LogP contribution in [0.4, 0.5) is 0 Å². The number of carboxylic acids is 1. The Hall–Kier alpha value is -3.32. The van der Waals surface area contributed by atoms with Gasteiger partial charge in [-0.25, -0.2) is 0 Å². The highest BCUT2D eigenvalue weighted by molar-refractivity contribution is 7.80. The maximum absolute atomic E-state index is 12.8. The normalized spacial score (nSPS) is 13.3. The summed E-state index contributed by atoms with van der Waals surface area (Å²) >= 11 is 3.92. The molecule has 0 saturated heterocycles. The van der Waals surface area contributed by atoms with Gasteiger partial charge in [-0.2, -0.15) is 12.6 Å². The second-order valence-corrected chi connectivity index (χ2v) is 7.26. The van der Waals surface area contributed by atoms with Gasteiger partial charge in [0, 0.05) is 18.6 Å². The Morgan fingerprint density at radius 3 is 2.09 bits per heavy atom. The minimum atomic E-state index is -1.28. The SMILES string of the molecule is NC(=O)CCC(NC(=O)C(N)CS)C(=O)NC(Cc1ccc(O)cc1)C(=O)NCC(=O)O. The molecule has 9 N–H and O–H groups in total. The molecule has 0 spiro atoms. The number of carbonyl (C=O) groups is 5. The van der Waals surface area contributed by atoms with E-state index in [2.05, 4.69) is 28.6 Å². The van der Waals surface area contributed by atoms with Crippen LogP contribution in [-0.2, 0) is 30.4 Å². The van der Waals surface area contributed by atoms with E-state index in [0.717, 1.165) is 0 Å². The van der Waals surface area contributed by atoms with Gasteiger partial charge in [-0.05, 0) is 24.1 Å². The van der Waals surface area contributed by atoms with Crippen LogP contribution in [0.1, 0.15) is 18.4 Å². The van der Waals surface area contributed by atoms with E-state index >= 15 is 0 Å². The van der Waals surface area contributed by atoms with E-state index in [1.165, 1.54) is 24.3 Å². The van der Waals surface area contributed by atoms with Crippen LogP contribution in [0.3, 0.4) is 0 Å². The molecule has 12 nitrogen and oxygen atoms in total. The molecule has 0 aliphatic carbocycles. The molecular weight excluding hydrogens is 442 g/mol. The number of hydrogen-bond donors (Lipinski definition) is 8. The summed E-state index contributed by atoms with van der Waals surface area (Å²) in [6.45, 7) is -0.667. The third kappa shape index (κ3) is 9.66. The highest BCUT2D eigenvalue weighted by Crippen LogP contribution is 2.12. The number of phenolic OH excluding ortho intramolecular Hbond substituents is 1. The summed E-state index contributed by atoms with van der Waals surface area (Å²) in [4.78, 5) is 59.3. The maximum atomic E-state index is 12.8. The van der Waals surface area contributed by atoms with Gasteiger partial charge in [0.25, 0.3) is 0 Å². The average Bonchev–Trinajstić information content (AvgIpc) is 2.74. The van der Waals surface area contributed by atoms with Crippen LogP contribution in [0, 0.1) is 0 Å². The first-order chi connectivity index (χ1) is 15.0. The van der Waals surface area contributed by atoms with Crippen molar-refractivity contribution in [3.63, 3.8) is 0 Å². The van der Waals surface area contributed by atoms with Gasteiger partial charge in [0.1, 0.15) is 24.4 Å². The number of nitrogens with one attached hydrogen (secondary N) is 3. The first-order valence-corrected chi connectivity index (χ1v) is 10.2. The van der Waals surface area contributed by atoms with Gasteiger partial charge in [0.15, 0.2) is 0 Å². The molecule has 0 heterocycles. The number of phenols is 1. The van der Waals surface area contributed by atoms with E-state index in [1.54, 1.807) is 0 Å². The minimum Gasteiger partial charge on any atom is -0.508 e. The van der Waals surface area contributed by atoms with Crippen molar-refractivity contribution >= 4 is 42.2 Å². The topological polar surface area (TPSA) is 214 Å². The number of nitrogens with two attached hydrogens (primary N) is 2. The lowest BCUT2D eigenvalue weighted by Crippen LogP contribution is -2.56. The van der Waals surface area contributed by atoms with E-state index in [9.17, 15) is 29.1 Å². The van der Waals surface area contributed by atoms with Crippen LogP contribution < -0.4 is 27.4 Å². The Kier molecular flexibility index (Phi) is 11.0. The Bertz CT molecular complexity index is 834. The predicted molar refractivity (Wildman–Crippen MR) is 117 cm³/mol. The third-order valence-electron chi connectivity index (χ3n) is 4.27. The van der Waals surface area contributed by atoms with Crippen molar-refractivity contribution in [3.8, 4) is 5.75 Å². The number of aromatic hydroxyl groups is 1. The minimum absolute atomic E-state index is 0.000536. The molecule has 1 aromatic carbocycles. The molecule has 176 valence electrons. The van der Waals surface area contributed by atoms with Gasteiger partial charge in [-0.1, -0.05) is 12.1 Å². The van der Waals surface area contributed by atoms with Crippen molar-refractivity contribution in [2.45, 2.75) is 37.4 Å². The Morgan fingerprint density at radius 1 is 0.969 bits per heavy atom. The molecule has 0 bridgehead atoms. The highest BCUT2D eigenvalue weighted by Gasteiger charge is 2.28. The second-order valence-electron chi connectivity index (χ2n) is 6.90.